The van der Waals surface area contributed by atoms with E-state index < -0.39 is 20.7 Å². The summed E-state index contributed by atoms with van der Waals surface area (Å²) in [5.74, 6) is -0.934. The maximum absolute atomic E-state index is 13.8. The van der Waals surface area contributed by atoms with Crippen molar-refractivity contribution in [2.45, 2.75) is 30.7 Å². The lowest BCUT2D eigenvalue weighted by molar-refractivity contribution is 0.0532. The Bertz CT molecular complexity index is 693. The van der Waals surface area contributed by atoms with Crippen LogP contribution in [-0.2, 0) is 10.0 Å². The van der Waals surface area contributed by atoms with E-state index in [-0.39, 0.29) is 23.4 Å². The number of piperidine rings is 1. The lowest BCUT2D eigenvalue weighted by atomic mass is 9.90. The second-order valence-corrected chi connectivity index (χ2v) is 7.63. The number of carbonyl (C=O) groups excluding carboxylic acids is 1. The zero-order chi connectivity index (χ0) is 17.2. The van der Waals surface area contributed by atoms with Crippen LogP contribution in [0.1, 0.15) is 30.1 Å². The summed E-state index contributed by atoms with van der Waals surface area (Å²) in [6.45, 7) is 2.95. The van der Waals surface area contributed by atoms with Crippen LogP contribution in [0, 0.1) is 11.7 Å². The average molecular weight is 343 g/mol. The molecule has 6 nitrogen and oxygen atoms in total. The Morgan fingerprint density at radius 1 is 1.48 bits per heavy atom. The smallest absolute Gasteiger partial charge is 0.254 e. The van der Waals surface area contributed by atoms with Crippen molar-refractivity contribution < 1.29 is 17.6 Å². The Balaban J connectivity index is 2.38. The van der Waals surface area contributed by atoms with E-state index in [9.17, 15) is 17.6 Å². The van der Waals surface area contributed by atoms with E-state index >= 15 is 0 Å². The Hall–Kier alpha value is -1.51. The minimum atomic E-state index is -3.97. The molecule has 1 saturated heterocycles. The van der Waals surface area contributed by atoms with Crippen LogP contribution < -0.4 is 10.5 Å². The normalized spacial score (nSPS) is 22.2. The van der Waals surface area contributed by atoms with Gasteiger partial charge >= 0.3 is 0 Å². The van der Waals surface area contributed by atoms with Crippen molar-refractivity contribution in [3.8, 4) is 0 Å². The number of hydrogen-bond acceptors (Lipinski definition) is 4. The number of hydrogen-bond donors (Lipinski definition) is 2. The molecule has 1 fully saturated rings. The number of likely N-dealkylation sites (tertiary alicyclic amines) is 1. The first kappa shape index (κ1) is 17.8. The maximum Gasteiger partial charge on any atom is 0.254 e. The fourth-order valence-electron chi connectivity index (χ4n) is 2.98. The first-order chi connectivity index (χ1) is 10.8. The molecule has 2 atom stereocenters. The molecule has 3 N–H and O–H groups in total. The van der Waals surface area contributed by atoms with Gasteiger partial charge in [0.1, 0.15) is 10.7 Å². The topological polar surface area (TPSA) is 92.5 Å². The van der Waals surface area contributed by atoms with Gasteiger partial charge in [0.05, 0.1) is 0 Å². The summed E-state index contributed by atoms with van der Waals surface area (Å²) in [6.07, 6.45) is 1.86. The van der Waals surface area contributed by atoms with Gasteiger partial charge in [-0.2, -0.15) is 0 Å². The first-order valence-corrected chi connectivity index (χ1v) is 9.04. The van der Waals surface area contributed by atoms with Gasteiger partial charge in [0.25, 0.3) is 5.91 Å². The molecule has 1 aromatic carbocycles. The predicted octanol–water partition coefficient (Wildman–Crippen LogP) is 0.933. The Kier molecular flexibility index (Phi) is 5.38. The molecule has 1 aliphatic rings. The molecule has 1 aromatic rings. The van der Waals surface area contributed by atoms with Gasteiger partial charge in [-0.15, -0.1) is 0 Å². The van der Waals surface area contributed by atoms with Crippen molar-refractivity contribution in [1.82, 2.24) is 9.62 Å². The fourth-order valence-corrected chi connectivity index (χ4v) is 3.81. The van der Waals surface area contributed by atoms with Gasteiger partial charge in [-0.25, -0.2) is 17.5 Å². The highest BCUT2D eigenvalue weighted by molar-refractivity contribution is 7.89. The van der Waals surface area contributed by atoms with E-state index in [1.807, 2.05) is 6.92 Å². The average Bonchev–Trinajstić information content (AvgIpc) is 2.54. The van der Waals surface area contributed by atoms with Crippen molar-refractivity contribution in [2.75, 3.05) is 20.1 Å². The van der Waals surface area contributed by atoms with Crippen molar-refractivity contribution >= 4 is 15.9 Å². The molecule has 0 aromatic heterocycles. The maximum atomic E-state index is 13.8. The van der Waals surface area contributed by atoms with Gasteiger partial charge in [0, 0.05) is 24.7 Å². The highest BCUT2D eigenvalue weighted by Crippen LogP contribution is 2.25. The predicted molar refractivity (Wildman–Crippen MR) is 84.9 cm³/mol. The third kappa shape index (κ3) is 3.54. The number of nitrogens with one attached hydrogen (secondary N) is 1. The molecule has 0 aliphatic carbocycles. The molecule has 128 valence electrons. The first-order valence-electron chi connectivity index (χ1n) is 7.56. The summed E-state index contributed by atoms with van der Waals surface area (Å²) in [7, 11) is -2.77. The van der Waals surface area contributed by atoms with Gasteiger partial charge in [0.2, 0.25) is 10.0 Å². The summed E-state index contributed by atoms with van der Waals surface area (Å²) in [4.78, 5) is 13.9. The summed E-state index contributed by atoms with van der Waals surface area (Å²) in [5.41, 5.74) is 5.93. The van der Waals surface area contributed by atoms with E-state index in [1.165, 1.54) is 13.1 Å². The molecule has 0 spiro atoms. The molecule has 1 heterocycles. The van der Waals surface area contributed by atoms with Crippen LogP contribution in [0.25, 0.3) is 0 Å². The van der Waals surface area contributed by atoms with Crippen molar-refractivity contribution in [3.63, 3.8) is 0 Å². The molecule has 8 heteroatoms. The lowest BCUT2D eigenvalue weighted by Crippen LogP contribution is -2.51. The molecule has 0 radical (unpaired) electrons. The van der Waals surface area contributed by atoms with Gasteiger partial charge in [-0.05, 0) is 44.0 Å². The van der Waals surface area contributed by atoms with Gasteiger partial charge in [-0.1, -0.05) is 6.92 Å². The number of halogens is 1. The van der Waals surface area contributed by atoms with Crippen molar-refractivity contribution in [1.29, 1.82) is 0 Å². The zero-order valence-corrected chi connectivity index (χ0v) is 14.1. The number of nitrogens with zero attached hydrogens (tertiary/aromatic N) is 1. The van der Waals surface area contributed by atoms with E-state index in [0.29, 0.717) is 13.1 Å². The van der Waals surface area contributed by atoms with Gasteiger partial charge < -0.3 is 10.6 Å². The molecule has 0 bridgehead atoms. The summed E-state index contributed by atoms with van der Waals surface area (Å²) >= 11 is 0. The van der Waals surface area contributed by atoms with Crippen LogP contribution in [0.15, 0.2) is 23.1 Å². The molecule has 1 aliphatic heterocycles. The van der Waals surface area contributed by atoms with E-state index in [2.05, 4.69) is 4.72 Å². The number of sulfonamides is 1. The van der Waals surface area contributed by atoms with Crippen LogP contribution >= 0.6 is 0 Å². The molecule has 23 heavy (non-hydrogen) atoms. The number of amides is 1. The number of rotatable bonds is 4. The summed E-state index contributed by atoms with van der Waals surface area (Å²) in [6, 6.07) is 3.29. The molecule has 0 saturated carbocycles. The Morgan fingerprint density at radius 3 is 2.78 bits per heavy atom. The lowest BCUT2D eigenvalue weighted by Gasteiger charge is -2.39. The molecular weight excluding hydrogens is 321 g/mol. The molecular formula is C15H22FN3O3S. The van der Waals surface area contributed by atoms with Crippen LogP contribution in [0.4, 0.5) is 4.39 Å². The standard InChI is InChI=1S/C15H22FN3O3S/c1-10-4-3-7-19(13(10)9-17)15(20)11-5-6-12(16)14(8-11)23(21,22)18-2/h5-6,8,10,13,18H,3-4,7,9,17H2,1-2H3/t10-,13-/m0/s1. The Morgan fingerprint density at radius 2 is 2.17 bits per heavy atom. The monoisotopic (exact) mass is 343 g/mol. The quantitative estimate of drug-likeness (QED) is 0.851. The highest BCUT2D eigenvalue weighted by atomic mass is 32.2. The fraction of sp³-hybridized carbons (Fsp3) is 0.533. The van der Waals surface area contributed by atoms with E-state index in [4.69, 9.17) is 5.73 Å². The van der Waals surface area contributed by atoms with Crippen molar-refractivity contribution in [3.05, 3.63) is 29.6 Å². The molecule has 1 amide bonds. The SMILES string of the molecule is CNS(=O)(=O)c1cc(C(=O)N2CCC[C@H](C)[C@@H]2CN)ccc1F. The third-order valence-electron chi connectivity index (χ3n) is 4.35. The Labute approximate surface area is 135 Å². The largest absolute Gasteiger partial charge is 0.334 e. The van der Waals surface area contributed by atoms with E-state index in [0.717, 1.165) is 25.0 Å². The number of benzene rings is 1. The third-order valence-corrected chi connectivity index (χ3v) is 5.78. The number of nitrogens with two attached hydrogens (primary N) is 1. The summed E-state index contributed by atoms with van der Waals surface area (Å²) < 4.78 is 39.6. The van der Waals surface area contributed by atoms with Crippen molar-refractivity contribution in [2.24, 2.45) is 11.7 Å². The van der Waals surface area contributed by atoms with E-state index in [1.54, 1.807) is 4.90 Å². The minimum Gasteiger partial charge on any atom is -0.334 e. The second-order valence-electron chi connectivity index (χ2n) is 5.77. The zero-order valence-electron chi connectivity index (χ0n) is 13.3. The molecule has 2 rings (SSSR count). The number of carbonyl (C=O) groups is 1. The van der Waals surface area contributed by atoms with Crippen LogP contribution in [0.2, 0.25) is 0 Å². The molecule has 0 unspecified atom stereocenters. The minimum absolute atomic E-state index is 0.0920. The van der Waals surface area contributed by atoms with Gasteiger partial charge in [0.15, 0.2) is 0 Å². The highest BCUT2D eigenvalue weighted by Gasteiger charge is 2.32. The van der Waals surface area contributed by atoms with Crippen LogP contribution in [0.5, 0.6) is 0 Å². The van der Waals surface area contributed by atoms with Crippen LogP contribution in [0.3, 0.4) is 0 Å². The van der Waals surface area contributed by atoms with Gasteiger partial charge in [-0.3, -0.25) is 4.79 Å². The second kappa shape index (κ2) is 6.94. The van der Waals surface area contributed by atoms with Crippen LogP contribution in [-0.4, -0.2) is 45.4 Å². The summed E-state index contributed by atoms with van der Waals surface area (Å²) in [5, 5.41) is 0.